The lowest BCUT2D eigenvalue weighted by atomic mass is 10.1. The first kappa shape index (κ1) is 23.9. The fourth-order valence-corrected chi connectivity index (χ4v) is 5.69. The van der Waals surface area contributed by atoms with Crippen molar-refractivity contribution in [3.05, 3.63) is 29.3 Å². The van der Waals surface area contributed by atoms with Crippen LogP contribution < -0.4 is 5.01 Å². The van der Waals surface area contributed by atoms with Crippen LogP contribution >= 0.6 is 0 Å². The van der Waals surface area contributed by atoms with Crippen molar-refractivity contribution < 1.29 is 27.5 Å². The molecule has 174 valence electrons. The molecule has 10 heteroatoms. The molecule has 0 aromatic heterocycles. The number of sulfone groups is 1. The molecule has 2 atom stereocenters. The minimum Gasteiger partial charge on any atom is -0.448 e. The quantitative estimate of drug-likeness (QED) is 0.594. The Kier molecular flexibility index (Phi) is 7.02. The van der Waals surface area contributed by atoms with E-state index in [-0.39, 0.29) is 36.0 Å². The van der Waals surface area contributed by atoms with Gasteiger partial charge in [0.1, 0.15) is 5.71 Å². The number of carbonyl (C=O) groups is 3. The van der Waals surface area contributed by atoms with Gasteiger partial charge in [-0.05, 0) is 51.3 Å². The highest BCUT2D eigenvalue weighted by molar-refractivity contribution is 7.91. The number of amides is 2. The number of esters is 1. The molecule has 3 rings (SSSR count). The first-order chi connectivity index (χ1) is 15.0. The molecule has 0 radical (unpaired) electrons. The van der Waals surface area contributed by atoms with Crippen LogP contribution in [0.5, 0.6) is 0 Å². The first-order valence-electron chi connectivity index (χ1n) is 10.7. The summed E-state index contributed by atoms with van der Waals surface area (Å²) in [4.78, 5) is 39.5. The molecular formula is C22H29N3O6S. The summed E-state index contributed by atoms with van der Waals surface area (Å²) in [5.74, 6) is -1.45. The summed E-state index contributed by atoms with van der Waals surface area (Å²) in [5.41, 5.74) is 2.47. The summed E-state index contributed by atoms with van der Waals surface area (Å²) in [7, 11) is -3.15. The number of carbonyl (C=O) groups excluding carboxylic acids is 3. The highest BCUT2D eigenvalue weighted by Crippen LogP contribution is 2.26. The minimum absolute atomic E-state index is 0.0503. The van der Waals surface area contributed by atoms with Crippen molar-refractivity contribution in [1.82, 2.24) is 4.90 Å². The molecule has 0 aliphatic carbocycles. The van der Waals surface area contributed by atoms with Crippen LogP contribution in [0.25, 0.3) is 0 Å². The summed E-state index contributed by atoms with van der Waals surface area (Å²) in [6.45, 7) is 7.29. The summed E-state index contributed by atoms with van der Waals surface area (Å²) in [5, 5.41) is 5.45. The molecule has 1 aromatic rings. The Labute approximate surface area is 188 Å². The largest absolute Gasteiger partial charge is 0.448 e. The Morgan fingerprint density at radius 3 is 2.62 bits per heavy atom. The number of ether oxygens (including phenoxy) is 1. The van der Waals surface area contributed by atoms with Crippen molar-refractivity contribution in [2.75, 3.05) is 23.1 Å². The van der Waals surface area contributed by atoms with E-state index in [9.17, 15) is 22.8 Å². The Hall–Kier alpha value is -2.75. The van der Waals surface area contributed by atoms with Crippen LogP contribution in [-0.4, -0.2) is 67.0 Å². The van der Waals surface area contributed by atoms with Gasteiger partial charge in [0.15, 0.2) is 15.9 Å². The molecule has 2 aliphatic rings. The van der Waals surface area contributed by atoms with Gasteiger partial charge in [0.05, 0.1) is 17.2 Å². The molecule has 2 heterocycles. The standard InChI is InChI=1S/C22H29N3O6S/c1-5-24(17-10-11-32(29,30)13-17)21(27)16(4)31-22(28)18-8-9-20(26)25(23-18)19-12-14(2)6-7-15(19)3/h6-7,12,16-17H,5,8-11,13H2,1-4H3/t16-,17+/m1/s1. The van der Waals surface area contributed by atoms with E-state index in [1.165, 1.54) is 16.8 Å². The third-order valence-electron chi connectivity index (χ3n) is 5.77. The fourth-order valence-electron chi connectivity index (χ4n) is 3.96. The highest BCUT2D eigenvalue weighted by atomic mass is 32.2. The number of hydrazone groups is 1. The summed E-state index contributed by atoms with van der Waals surface area (Å²) in [6, 6.07) is 5.21. The number of hydrogen-bond donors (Lipinski definition) is 0. The molecule has 0 N–H and O–H groups in total. The van der Waals surface area contributed by atoms with Crippen LogP contribution in [0.3, 0.4) is 0 Å². The van der Waals surface area contributed by atoms with Gasteiger partial charge in [-0.2, -0.15) is 10.1 Å². The topological polar surface area (TPSA) is 113 Å². The number of hydrogen-bond acceptors (Lipinski definition) is 7. The third-order valence-corrected chi connectivity index (χ3v) is 7.52. The Balaban J connectivity index is 1.73. The average Bonchev–Trinajstić information content (AvgIpc) is 3.10. The maximum absolute atomic E-state index is 12.9. The van der Waals surface area contributed by atoms with Gasteiger partial charge in [-0.3, -0.25) is 9.59 Å². The van der Waals surface area contributed by atoms with Crippen molar-refractivity contribution >= 4 is 39.0 Å². The van der Waals surface area contributed by atoms with Crippen LogP contribution in [0.15, 0.2) is 23.3 Å². The summed E-state index contributed by atoms with van der Waals surface area (Å²) >= 11 is 0. The molecule has 0 bridgehead atoms. The van der Waals surface area contributed by atoms with Crippen LogP contribution in [0.1, 0.15) is 44.2 Å². The normalized spacial score (nSPS) is 21.1. The van der Waals surface area contributed by atoms with Crippen LogP contribution in [0, 0.1) is 13.8 Å². The molecular weight excluding hydrogens is 434 g/mol. The van der Waals surface area contributed by atoms with Gasteiger partial charge in [-0.1, -0.05) is 12.1 Å². The Morgan fingerprint density at radius 2 is 2.00 bits per heavy atom. The second-order valence-electron chi connectivity index (χ2n) is 8.27. The number of rotatable bonds is 6. The van der Waals surface area contributed by atoms with Crippen molar-refractivity contribution in [2.45, 2.75) is 59.1 Å². The number of anilines is 1. The van der Waals surface area contributed by atoms with Crippen LogP contribution in [0.2, 0.25) is 0 Å². The van der Waals surface area contributed by atoms with Gasteiger partial charge in [0, 0.05) is 25.4 Å². The Bertz CT molecular complexity index is 1070. The van der Waals surface area contributed by atoms with Gasteiger partial charge in [0.2, 0.25) is 5.91 Å². The predicted octanol–water partition coefficient (Wildman–Crippen LogP) is 1.75. The second kappa shape index (κ2) is 9.40. The lowest BCUT2D eigenvalue weighted by molar-refractivity contribution is -0.155. The van der Waals surface area contributed by atoms with E-state index < -0.39 is 33.9 Å². The van der Waals surface area contributed by atoms with Gasteiger partial charge >= 0.3 is 5.97 Å². The second-order valence-corrected chi connectivity index (χ2v) is 10.5. The van der Waals surface area contributed by atoms with Gasteiger partial charge < -0.3 is 9.64 Å². The minimum atomic E-state index is -3.15. The van der Waals surface area contributed by atoms with E-state index in [1.807, 2.05) is 32.0 Å². The lowest BCUT2D eigenvalue weighted by Gasteiger charge is -2.29. The summed E-state index contributed by atoms with van der Waals surface area (Å²) < 4.78 is 28.9. The van der Waals surface area contributed by atoms with Crippen molar-refractivity contribution in [1.29, 1.82) is 0 Å². The molecule has 2 aliphatic heterocycles. The van der Waals surface area contributed by atoms with E-state index in [0.717, 1.165) is 11.1 Å². The fraction of sp³-hybridized carbons (Fsp3) is 0.545. The van der Waals surface area contributed by atoms with E-state index >= 15 is 0 Å². The molecule has 1 saturated heterocycles. The average molecular weight is 464 g/mol. The zero-order valence-electron chi connectivity index (χ0n) is 18.8. The molecule has 9 nitrogen and oxygen atoms in total. The van der Waals surface area contributed by atoms with Crippen LogP contribution in [-0.2, 0) is 29.0 Å². The molecule has 32 heavy (non-hydrogen) atoms. The number of benzene rings is 1. The van der Waals surface area contributed by atoms with Crippen LogP contribution in [0.4, 0.5) is 5.69 Å². The zero-order valence-corrected chi connectivity index (χ0v) is 19.6. The molecule has 2 amide bonds. The van der Waals surface area contributed by atoms with Crippen molar-refractivity contribution in [2.24, 2.45) is 5.10 Å². The third kappa shape index (κ3) is 5.17. The SMILES string of the molecule is CCN(C(=O)[C@@H](C)OC(=O)C1=NN(c2cc(C)ccc2C)C(=O)CC1)[C@H]1CCS(=O)(=O)C1. The van der Waals surface area contributed by atoms with E-state index in [0.29, 0.717) is 18.7 Å². The smallest absolute Gasteiger partial charge is 0.355 e. The maximum atomic E-state index is 12.9. The zero-order chi connectivity index (χ0) is 23.6. The molecule has 1 aromatic carbocycles. The molecule has 0 unspecified atom stereocenters. The number of nitrogens with zero attached hydrogens (tertiary/aromatic N) is 3. The number of likely N-dealkylation sites (N-methyl/N-ethyl adjacent to an activating group) is 1. The monoisotopic (exact) mass is 463 g/mol. The van der Waals surface area contributed by atoms with Gasteiger partial charge in [0.25, 0.3) is 5.91 Å². The van der Waals surface area contributed by atoms with Gasteiger partial charge in [-0.25, -0.2) is 13.2 Å². The van der Waals surface area contributed by atoms with E-state index in [4.69, 9.17) is 4.74 Å². The molecule has 0 spiro atoms. The molecule has 1 fully saturated rings. The lowest BCUT2D eigenvalue weighted by Crippen LogP contribution is -2.47. The van der Waals surface area contributed by atoms with Crippen molar-refractivity contribution in [3.8, 4) is 0 Å². The van der Waals surface area contributed by atoms with Gasteiger partial charge in [-0.15, -0.1) is 0 Å². The van der Waals surface area contributed by atoms with Crippen molar-refractivity contribution in [3.63, 3.8) is 0 Å². The summed E-state index contributed by atoms with van der Waals surface area (Å²) in [6.07, 6.45) is -0.495. The predicted molar refractivity (Wildman–Crippen MR) is 120 cm³/mol. The maximum Gasteiger partial charge on any atom is 0.355 e. The van der Waals surface area contributed by atoms with E-state index in [2.05, 4.69) is 5.10 Å². The molecule has 0 saturated carbocycles. The first-order valence-corrected chi connectivity index (χ1v) is 12.5. The number of aryl methyl sites for hydroxylation is 2. The Morgan fingerprint density at radius 1 is 1.28 bits per heavy atom. The highest BCUT2D eigenvalue weighted by Gasteiger charge is 2.37. The van der Waals surface area contributed by atoms with E-state index in [1.54, 1.807) is 6.92 Å².